The second kappa shape index (κ2) is 7.32. The summed E-state index contributed by atoms with van der Waals surface area (Å²) < 4.78 is 18.9. The number of ether oxygens (including phenoxy) is 1. The average Bonchev–Trinajstić information content (AvgIpc) is 2.68. The molecule has 0 spiro atoms. The minimum Gasteiger partial charge on any atom is -0.378 e. The summed E-state index contributed by atoms with van der Waals surface area (Å²) in [6.45, 7) is 4.98. The second-order valence-electron chi connectivity index (χ2n) is 6.57. The number of aromatic nitrogens is 1. The molecule has 2 heterocycles. The van der Waals surface area contributed by atoms with Gasteiger partial charge in [-0.3, -0.25) is 9.78 Å². The van der Waals surface area contributed by atoms with E-state index in [0.717, 1.165) is 32.0 Å². The first kappa shape index (κ1) is 17.4. The molecule has 0 bridgehead atoms. The molecule has 6 heteroatoms. The maximum Gasteiger partial charge on any atom is 0.256 e. The minimum absolute atomic E-state index is 0.240. The Morgan fingerprint density at radius 1 is 1.11 bits per heavy atom. The maximum atomic E-state index is 13.5. The molecule has 1 aliphatic rings. The van der Waals surface area contributed by atoms with E-state index in [2.05, 4.69) is 15.2 Å². The number of pyridine rings is 1. The van der Waals surface area contributed by atoms with Gasteiger partial charge in [-0.15, -0.1) is 0 Å². The second-order valence-corrected chi connectivity index (χ2v) is 6.57. The lowest BCUT2D eigenvalue weighted by Gasteiger charge is -2.28. The number of benzene rings is 2. The lowest BCUT2D eigenvalue weighted by atomic mass is 10.1. The fourth-order valence-electron chi connectivity index (χ4n) is 3.30. The molecule has 0 unspecified atom stereocenters. The monoisotopic (exact) mass is 365 g/mol. The Balaban J connectivity index is 1.56. The van der Waals surface area contributed by atoms with Gasteiger partial charge in [-0.2, -0.15) is 0 Å². The molecule has 3 aromatic rings. The van der Waals surface area contributed by atoms with Crippen LogP contribution in [0.2, 0.25) is 0 Å². The number of hydrogen-bond donors (Lipinski definition) is 1. The van der Waals surface area contributed by atoms with Gasteiger partial charge in [0, 0.05) is 41.6 Å². The summed E-state index contributed by atoms with van der Waals surface area (Å²) in [6.07, 6.45) is 0. The van der Waals surface area contributed by atoms with E-state index in [9.17, 15) is 9.18 Å². The predicted molar refractivity (Wildman–Crippen MR) is 104 cm³/mol. The van der Waals surface area contributed by atoms with Crippen molar-refractivity contribution in [2.24, 2.45) is 0 Å². The SMILES string of the molecule is Cc1cc(C(=O)Nc2ccc(N3CCOCC3)cc2)c2ccc(F)cc2n1. The van der Waals surface area contributed by atoms with Crippen LogP contribution >= 0.6 is 0 Å². The van der Waals surface area contributed by atoms with Crippen molar-refractivity contribution in [1.82, 2.24) is 4.98 Å². The van der Waals surface area contributed by atoms with Crippen LogP contribution in [0, 0.1) is 12.7 Å². The van der Waals surface area contributed by atoms with Gasteiger partial charge in [0.2, 0.25) is 0 Å². The Labute approximate surface area is 156 Å². The highest BCUT2D eigenvalue weighted by Gasteiger charge is 2.14. The van der Waals surface area contributed by atoms with Gasteiger partial charge in [0.25, 0.3) is 5.91 Å². The molecule has 0 aliphatic carbocycles. The van der Waals surface area contributed by atoms with E-state index in [4.69, 9.17) is 4.74 Å². The molecule has 0 atom stereocenters. The summed E-state index contributed by atoms with van der Waals surface area (Å²) in [5.41, 5.74) is 3.44. The number of hydrogen-bond acceptors (Lipinski definition) is 4. The minimum atomic E-state index is -0.370. The van der Waals surface area contributed by atoms with E-state index in [-0.39, 0.29) is 11.7 Å². The van der Waals surface area contributed by atoms with E-state index in [1.807, 2.05) is 24.3 Å². The first-order valence-electron chi connectivity index (χ1n) is 8.91. The van der Waals surface area contributed by atoms with Crippen molar-refractivity contribution < 1.29 is 13.9 Å². The fourth-order valence-corrected chi connectivity index (χ4v) is 3.30. The molecular formula is C21H20FN3O2. The third-order valence-electron chi connectivity index (χ3n) is 4.65. The number of rotatable bonds is 3. The summed E-state index contributed by atoms with van der Waals surface area (Å²) in [5.74, 6) is -0.609. The largest absolute Gasteiger partial charge is 0.378 e. The van der Waals surface area contributed by atoms with Crippen molar-refractivity contribution >= 4 is 28.2 Å². The van der Waals surface area contributed by atoms with Crippen molar-refractivity contribution in [2.45, 2.75) is 6.92 Å². The number of aryl methyl sites for hydroxylation is 1. The number of carbonyl (C=O) groups excluding carboxylic acids is 1. The van der Waals surface area contributed by atoms with Crippen molar-refractivity contribution in [3.05, 3.63) is 65.6 Å². The number of amides is 1. The van der Waals surface area contributed by atoms with E-state index in [0.29, 0.717) is 27.8 Å². The summed E-state index contributed by atoms with van der Waals surface area (Å²) in [6, 6.07) is 13.8. The standard InChI is InChI=1S/C21H20FN3O2/c1-14-12-19(18-7-2-15(22)13-20(18)23-14)21(26)24-16-3-5-17(6-4-16)25-8-10-27-11-9-25/h2-7,12-13H,8-11H2,1H3,(H,24,26). The summed E-state index contributed by atoms with van der Waals surface area (Å²) in [5, 5.41) is 3.55. The number of nitrogens with zero attached hydrogens (tertiary/aromatic N) is 2. The Bertz CT molecular complexity index is 977. The average molecular weight is 365 g/mol. The van der Waals surface area contributed by atoms with Crippen molar-refractivity contribution in [2.75, 3.05) is 36.5 Å². The molecule has 27 heavy (non-hydrogen) atoms. The lowest BCUT2D eigenvalue weighted by Crippen LogP contribution is -2.36. The van der Waals surface area contributed by atoms with Crippen molar-refractivity contribution in [3.8, 4) is 0 Å². The molecule has 2 aromatic carbocycles. The van der Waals surface area contributed by atoms with Gasteiger partial charge in [-0.05, 0) is 49.4 Å². The van der Waals surface area contributed by atoms with Gasteiger partial charge in [0.05, 0.1) is 24.3 Å². The number of carbonyl (C=O) groups is 1. The molecular weight excluding hydrogens is 345 g/mol. The zero-order chi connectivity index (χ0) is 18.8. The Hall–Kier alpha value is -2.99. The Kier molecular flexibility index (Phi) is 4.73. The molecule has 1 N–H and O–H groups in total. The Morgan fingerprint density at radius 3 is 2.59 bits per heavy atom. The van der Waals surface area contributed by atoms with Gasteiger partial charge in [0.1, 0.15) is 5.82 Å². The highest BCUT2D eigenvalue weighted by molar-refractivity contribution is 6.12. The first-order valence-corrected chi connectivity index (χ1v) is 8.91. The van der Waals surface area contributed by atoms with E-state index < -0.39 is 0 Å². The van der Waals surface area contributed by atoms with Crippen molar-refractivity contribution in [1.29, 1.82) is 0 Å². The van der Waals surface area contributed by atoms with E-state index >= 15 is 0 Å². The molecule has 1 aliphatic heterocycles. The molecule has 0 radical (unpaired) electrons. The molecule has 0 saturated carbocycles. The van der Waals surface area contributed by atoms with Crippen LogP contribution in [-0.4, -0.2) is 37.2 Å². The number of morpholine rings is 1. The van der Waals surface area contributed by atoms with Crippen LogP contribution in [0.4, 0.5) is 15.8 Å². The third-order valence-corrected chi connectivity index (χ3v) is 4.65. The van der Waals surface area contributed by atoms with Crippen LogP contribution in [0.1, 0.15) is 16.1 Å². The lowest BCUT2D eigenvalue weighted by molar-refractivity contribution is 0.102. The zero-order valence-corrected chi connectivity index (χ0v) is 15.0. The predicted octanol–water partition coefficient (Wildman–Crippen LogP) is 3.77. The van der Waals surface area contributed by atoms with Crippen LogP contribution in [0.3, 0.4) is 0 Å². The first-order chi connectivity index (χ1) is 13.1. The summed E-state index contributed by atoms with van der Waals surface area (Å²) >= 11 is 0. The number of anilines is 2. The molecule has 1 aromatic heterocycles. The van der Waals surface area contributed by atoms with Gasteiger partial charge in [-0.1, -0.05) is 0 Å². The van der Waals surface area contributed by atoms with E-state index in [1.54, 1.807) is 19.1 Å². The zero-order valence-electron chi connectivity index (χ0n) is 15.0. The quantitative estimate of drug-likeness (QED) is 0.768. The smallest absolute Gasteiger partial charge is 0.256 e. The molecule has 1 amide bonds. The van der Waals surface area contributed by atoms with E-state index in [1.165, 1.54) is 12.1 Å². The Morgan fingerprint density at radius 2 is 1.85 bits per heavy atom. The summed E-state index contributed by atoms with van der Waals surface area (Å²) in [4.78, 5) is 19.4. The topological polar surface area (TPSA) is 54.5 Å². The molecule has 5 nitrogen and oxygen atoms in total. The fraction of sp³-hybridized carbons (Fsp3) is 0.238. The molecule has 4 rings (SSSR count). The van der Waals surface area contributed by atoms with Crippen LogP contribution in [-0.2, 0) is 4.74 Å². The van der Waals surface area contributed by atoms with Gasteiger partial charge in [0.15, 0.2) is 0 Å². The molecule has 1 saturated heterocycles. The number of halogens is 1. The maximum absolute atomic E-state index is 13.5. The molecule has 138 valence electrons. The van der Waals surface area contributed by atoms with Crippen molar-refractivity contribution in [3.63, 3.8) is 0 Å². The number of nitrogens with one attached hydrogen (secondary N) is 1. The van der Waals surface area contributed by atoms with Crippen LogP contribution in [0.25, 0.3) is 10.9 Å². The van der Waals surface area contributed by atoms with Crippen LogP contribution in [0.15, 0.2) is 48.5 Å². The van der Waals surface area contributed by atoms with Gasteiger partial charge >= 0.3 is 0 Å². The third kappa shape index (κ3) is 3.75. The normalized spacial score (nSPS) is 14.4. The van der Waals surface area contributed by atoms with Crippen LogP contribution in [0.5, 0.6) is 0 Å². The number of fused-ring (bicyclic) bond motifs is 1. The van der Waals surface area contributed by atoms with Gasteiger partial charge < -0.3 is 15.0 Å². The summed E-state index contributed by atoms with van der Waals surface area (Å²) in [7, 11) is 0. The highest BCUT2D eigenvalue weighted by Crippen LogP contribution is 2.23. The van der Waals surface area contributed by atoms with Crippen LogP contribution < -0.4 is 10.2 Å². The molecule has 1 fully saturated rings. The highest BCUT2D eigenvalue weighted by atomic mass is 19.1. The van der Waals surface area contributed by atoms with Gasteiger partial charge in [-0.25, -0.2) is 4.39 Å².